The first kappa shape index (κ1) is 17.8. The van der Waals surface area contributed by atoms with Gasteiger partial charge in [-0.15, -0.1) is 0 Å². The summed E-state index contributed by atoms with van der Waals surface area (Å²) in [6.45, 7) is 6.65. The standard InChI is InChI=1S/C23H22BrN3O/c1-21(2)22(3)12-13-23(21,20(28)27-15-9-5-4-8-14(15)24)19-18(22)25-16-10-6-7-11-17(16)26-19/h4-11H,12-13H2,1-3H3,(H,27,28). The summed E-state index contributed by atoms with van der Waals surface area (Å²) in [6.07, 6.45) is 1.72. The maximum atomic E-state index is 13.8. The molecule has 1 heterocycles. The number of hydrogen-bond acceptors (Lipinski definition) is 3. The molecule has 2 aromatic carbocycles. The summed E-state index contributed by atoms with van der Waals surface area (Å²) >= 11 is 3.54. The predicted molar refractivity (Wildman–Crippen MR) is 114 cm³/mol. The molecule has 142 valence electrons. The van der Waals surface area contributed by atoms with Crippen molar-refractivity contribution in [1.29, 1.82) is 0 Å². The lowest BCUT2D eigenvalue weighted by Gasteiger charge is -2.39. The van der Waals surface area contributed by atoms with E-state index in [-0.39, 0.29) is 16.7 Å². The van der Waals surface area contributed by atoms with Crippen molar-refractivity contribution >= 4 is 38.6 Å². The van der Waals surface area contributed by atoms with Gasteiger partial charge in [0.05, 0.1) is 33.5 Å². The van der Waals surface area contributed by atoms with Gasteiger partial charge >= 0.3 is 0 Å². The van der Waals surface area contributed by atoms with Gasteiger partial charge in [-0.25, -0.2) is 9.97 Å². The Morgan fingerprint density at radius 2 is 1.54 bits per heavy atom. The van der Waals surface area contributed by atoms with Crippen molar-refractivity contribution in [2.24, 2.45) is 5.41 Å². The van der Waals surface area contributed by atoms with Crippen LogP contribution in [0.25, 0.3) is 11.0 Å². The molecule has 1 saturated carbocycles. The zero-order valence-corrected chi connectivity index (χ0v) is 17.8. The summed E-state index contributed by atoms with van der Waals surface area (Å²) in [5.41, 5.74) is 3.22. The second-order valence-corrected chi connectivity index (χ2v) is 9.56. The van der Waals surface area contributed by atoms with Crippen LogP contribution in [0.5, 0.6) is 0 Å². The Morgan fingerprint density at radius 1 is 0.929 bits per heavy atom. The number of nitrogens with zero attached hydrogens (tertiary/aromatic N) is 2. The van der Waals surface area contributed by atoms with E-state index < -0.39 is 5.41 Å². The minimum Gasteiger partial charge on any atom is -0.324 e. The fraction of sp³-hybridized carbons (Fsp3) is 0.348. The van der Waals surface area contributed by atoms with Crippen LogP contribution in [0.2, 0.25) is 0 Å². The number of carbonyl (C=O) groups is 1. The molecule has 0 aliphatic heterocycles. The van der Waals surface area contributed by atoms with Crippen LogP contribution < -0.4 is 5.32 Å². The van der Waals surface area contributed by atoms with E-state index in [0.717, 1.165) is 45.4 Å². The van der Waals surface area contributed by atoms with E-state index in [9.17, 15) is 4.79 Å². The van der Waals surface area contributed by atoms with Gasteiger partial charge < -0.3 is 5.32 Å². The molecule has 1 aromatic heterocycles. The maximum absolute atomic E-state index is 13.8. The van der Waals surface area contributed by atoms with Gasteiger partial charge in [0.2, 0.25) is 5.91 Å². The number of carbonyl (C=O) groups excluding carboxylic acids is 1. The van der Waals surface area contributed by atoms with E-state index in [4.69, 9.17) is 9.97 Å². The fourth-order valence-electron chi connectivity index (χ4n) is 5.34. The van der Waals surface area contributed by atoms with Crippen LogP contribution in [-0.4, -0.2) is 15.9 Å². The number of nitrogens with one attached hydrogen (secondary N) is 1. The van der Waals surface area contributed by atoms with Crippen molar-refractivity contribution in [2.75, 3.05) is 5.32 Å². The van der Waals surface area contributed by atoms with Crippen molar-refractivity contribution < 1.29 is 4.79 Å². The minimum absolute atomic E-state index is 0.0106. The molecule has 5 rings (SSSR count). The Kier molecular flexibility index (Phi) is 3.58. The molecule has 2 bridgehead atoms. The molecule has 2 atom stereocenters. The largest absolute Gasteiger partial charge is 0.324 e. The van der Waals surface area contributed by atoms with Crippen LogP contribution in [0.1, 0.15) is 45.0 Å². The number of para-hydroxylation sites is 3. The van der Waals surface area contributed by atoms with Crippen LogP contribution in [0.15, 0.2) is 53.0 Å². The van der Waals surface area contributed by atoms with Crippen LogP contribution >= 0.6 is 15.9 Å². The quantitative estimate of drug-likeness (QED) is 0.589. The van der Waals surface area contributed by atoms with E-state index in [1.165, 1.54) is 0 Å². The van der Waals surface area contributed by atoms with Crippen molar-refractivity contribution in [1.82, 2.24) is 9.97 Å². The summed E-state index contributed by atoms with van der Waals surface area (Å²) in [7, 11) is 0. The first-order valence-electron chi connectivity index (χ1n) is 9.65. The van der Waals surface area contributed by atoms with Gasteiger partial charge in [-0.1, -0.05) is 45.0 Å². The Morgan fingerprint density at radius 3 is 2.21 bits per heavy atom. The van der Waals surface area contributed by atoms with Crippen LogP contribution in [0.3, 0.4) is 0 Å². The number of amides is 1. The molecule has 2 aliphatic rings. The topological polar surface area (TPSA) is 54.9 Å². The first-order chi connectivity index (χ1) is 13.3. The summed E-state index contributed by atoms with van der Waals surface area (Å²) in [5, 5.41) is 3.18. The number of hydrogen-bond donors (Lipinski definition) is 1. The lowest BCUT2D eigenvalue weighted by Crippen LogP contribution is -2.48. The highest BCUT2D eigenvalue weighted by Crippen LogP contribution is 2.70. The summed E-state index contributed by atoms with van der Waals surface area (Å²) in [6, 6.07) is 15.7. The molecule has 0 spiro atoms. The first-order valence-corrected chi connectivity index (χ1v) is 10.4. The van der Waals surface area contributed by atoms with Gasteiger partial charge in [0.25, 0.3) is 0 Å². The van der Waals surface area contributed by atoms with Crippen LogP contribution in [0, 0.1) is 5.41 Å². The summed E-state index contributed by atoms with van der Waals surface area (Å²) in [4.78, 5) is 23.8. The zero-order chi connectivity index (χ0) is 19.7. The molecule has 1 N–H and O–H groups in total. The second kappa shape index (κ2) is 5.63. The Labute approximate surface area is 172 Å². The molecule has 1 fully saturated rings. The van der Waals surface area contributed by atoms with Crippen molar-refractivity contribution in [2.45, 2.75) is 44.4 Å². The van der Waals surface area contributed by atoms with Crippen LogP contribution in [-0.2, 0) is 15.6 Å². The molecule has 3 aromatic rings. The van der Waals surface area contributed by atoms with E-state index in [1.54, 1.807) is 0 Å². The molecular weight excluding hydrogens is 414 g/mol. The Balaban J connectivity index is 1.72. The van der Waals surface area contributed by atoms with E-state index >= 15 is 0 Å². The zero-order valence-electron chi connectivity index (χ0n) is 16.2. The van der Waals surface area contributed by atoms with Crippen LogP contribution in [0.4, 0.5) is 5.69 Å². The second-order valence-electron chi connectivity index (χ2n) is 8.71. The maximum Gasteiger partial charge on any atom is 0.237 e. The molecule has 5 heteroatoms. The number of halogens is 1. The third-order valence-electron chi connectivity index (χ3n) is 7.45. The average molecular weight is 436 g/mol. The lowest BCUT2D eigenvalue weighted by atomic mass is 9.63. The normalized spacial score (nSPS) is 27.0. The molecule has 4 nitrogen and oxygen atoms in total. The third-order valence-corrected chi connectivity index (χ3v) is 8.15. The van der Waals surface area contributed by atoms with Gasteiger partial charge in [0.15, 0.2) is 0 Å². The number of rotatable bonds is 2. The highest BCUT2D eigenvalue weighted by Gasteiger charge is 2.73. The van der Waals surface area contributed by atoms with Gasteiger partial charge in [0.1, 0.15) is 0 Å². The van der Waals surface area contributed by atoms with Gasteiger partial charge in [0, 0.05) is 9.89 Å². The van der Waals surface area contributed by atoms with E-state index in [1.807, 2.05) is 48.5 Å². The smallest absolute Gasteiger partial charge is 0.237 e. The number of anilines is 1. The van der Waals surface area contributed by atoms with Crippen molar-refractivity contribution in [3.05, 3.63) is 64.4 Å². The average Bonchev–Trinajstić information content (AvgIpc) is 2.98. The molecule has 0 radical (unpaired) electrons. The van der Waals surface area contributed by atoms with E-state index in [0.29, 0.717) is 0 Å². The Bertz CT molecular complexity index is 1140. The number of benzene rings is 2. The van der Waals surface area contributed by atoms with Gasteiger partial charge in [-0.05, 0) is 58.5 Å². The molecule has 2 unspecified atom stereocenters. The fourth-order valence-corrected chi connectivity index (χ4v) is 5.72. The van der Waals surface area contributed by atoms with Gasteiger partial charge in [-0.2, -0.15) is 0 Å². The number of aromatic nitrogens is 2. The van der Waals surface area contributed by atoms with Crippen molar-refractivity contribution in [3.8, 4) is 0 Å². The molecule has 2 aliphatic carbocycles. The summed E-state index contributed by atoms with van der Waals surface area (Å²) < 4.78 is 0.876. The third kappa shape index (κ3) is 1.98. The molecule has 28 heavy (non-hydrogen) atoms. The SMILES string of the molecule is CC12CCC(C(=O)Nc3ccccc3Br)(c3nc4ccccc4nc31)C2(C)C. The molecule has 0 saturated heterocycles. The highest BCUT2D eigenvalue weighted by atomic mass is 79.9. The van der Waals surface area contributed by atoms with Gasteiger partial charge in [-0.3, -0.25) is 4.79 Å². The summed E-state index contributed by atoms with van der Waals surface area (Å²) in [5.74, 6) is 0.0106. The Hall–Kier alpha value is -2.27. The minimum atomic E-state index is -0.691. The monoisotopic (exact) mass is 435 g/mol. The predicted octanol–water partition coefficient (Wildman–Crippen LogP) is 5.36. The lowest BCUT2D eigenvalue weighted by molar-refractivity contribution is -0.125. The highest BCUT2D eigenvalue weighted by molar-refractivity contribution is 9.10. The molecular formula is C23H22BrN3O. The van der Waals surface area contributed by atoms with E-state index in [2.05, 4.69) is 42.0 Å². The van der Waals surface area contributed by atoms with Crippen molar-refractivity contribution in [3.63, 3.8) is 0 Å². The number of fused-ring (bicyclic) bond motifs is 6. The molecule has 1 amide bonds.